The lowest BCUT2D eigenvalue weighted by Crippen LogP contribution is -2.40. The number of hydrogen-bond acceptors (Lipinski definition) is 6. The highest BCUT2D eigenvalue weighted by atomic mass is 16.5. The van der Waals surface area contributed by atoms with Crippen LogP contribution in [0.1, 0.15) is 23.2 Å². The molecule has 8 heteroatoms. The van der Waals surface area contributed by atoms with Crippen molar-refractivity contribution in [3.63, 3.8) is 0 Å². The van der Waals surface area contributed by atoms with Crippen molar-refractivity contribution in [3.05, 3.63) is 46.3 Å². The Morgan fingerprint density at radius 1 is 1.27 bits per heavy atom. The third-order valence-electron chi connectivity index (χ3n) is 3.94. The van der Waals surface area contributed by atoms with Gasteiger partial charge in [-0.05, 0) is 25.0 Å². The van der Waals surface area contributed by atoms with Crippen LogP contribution in [0.5, 0.6) is 0 Å². The maximum absolute atomic E-state index is 12.1. The number of carbonyl (C=O) groups is 3. The lowest BCUT2D eigenvalue weighted by Gasteiger charge is -2.16. The summed E-state index contributed by atoms with van der Waals surface area (Å²) in [5, 5.41) is 3.33. The van der Waals surface area contributed by atoms with Gasteiger partial charge in [0.25, 0.3) is 5.91 Å². The van der Waals surface area contributed by atoms with Crippen LogP contribution in [0.25, 0.3) is 11.0 Å². The molecular weight excluding hydrogens is 340 g/mol. The number of nitrogens with one attached hydrogen (secondary N) is 1. The molecule has 1 fully saturated rings. The third kappa shape index (κ3) is 4.27. The van der Waals surface area contributed by atoms with Crippen LogP contribution in [-0.2, 0) is 14.3 Å². The van der Waals surface area contributed by atoms with E-state index in [1.165, 1.54) is 13.1 Å². The van der Waals surface area contributed by atoms with Crippen LogP contribution in [-0.4, -0.2) is 48.9 Å². The van der Waals surface area contributed by atoms with Gasteiger partial charge in [-0.2, -0.15) is 0 Å². The summed E-state index contributed by atoms with van der Waals surface area (Å²) in [5.74, 6) is -1.76. The fourth-order valence-electron chi connectivity index (χ4n) is 2.32. The van der Waals surface area contributed by atoms with E-state index in [2.05, 4.69) is 5.32 Å². The van der Waals surface area contributed by atoms with Crippen molar-refractivity contribution >= 4 is 28.8 Å². The van der Waals surface area contributed by atoms with Gasteiger partial charge in [0.05, 0.1) is 6.54 Å². The van der Waals surface area contributed by atoms with Crippen LogP contribution in [0.4, 0.5) is 0 Å². The van der Waals surface area contributed by atoms with Crippen molar-refractivity contribution in [3.8, 4) is 0 Å². The number of esters is 1. The maximum Gasteiger partial charge on any atom is 0.351 e. The molecule has 0 bridgehead atoms. The Bertz CT molecular complexity index is 915. The Morgan fingerprint density at radius 2 is 2.00 bits per heavy atom. The summed E-state index contributed by atoms with van der Waals surface area (Å²) < 4.78 is 9.95. The van der Waals surface area contributed by atoms with E-state index < -0.39 is 24.1 Å². The standard InChI is InChI=1S/C18H18N2O6/c1-20(9-15(21)19-12-6-7-12)16(22)10-25-17(23)13-8-11-4-2-3-5-14(11)26-18(13)24/h2-5,8,12H,6-7,9-10H2,1H3,(H,19,21). The lowest BCUT2D eigenvalue weighted by molar-refractivity contribution is -0.137. The van der Waals surface area contributed by atoms with Crippen molar-refractivity contribution < 1.29 is 23.5 Å². The molecule has 2 aromatic rings. The Hall–Kier alpha value is -3.16. The molecule has 1 aliphatic carbocycles. The normalized spacial score (nSPS) is 13.3. The van der Waals surface area contributed by atoms with E-state index in [0.717, 1.165) is 17.7 Å². The summed E-state index contributed by atoms with van der Waals surface area (Å²) in [5.41, 5.74) is -0.768. The molecule has 8 nitrogen and oxygen atoms in total. The molecule has 0 saturated heterocycles. The van der Waals surface area contributed by atoms with Crippen LogP contribution in [0.15, 0.2) is 39.5 Å². The zero-order valence-corrected chi connectivity index (χ0v) is 14.2. The smallest absolute Gasteiger partial charge is 0.351 e. The quantitative estimate of drug-likeness (QED) is 0.601. The summed E-state index contributed by atoms with van der Waals surface area (Å²) in [6, 6.07) is 8.31. The summed E-state index contributed by atoms with van der Waals surface area (Å²) in [6.45, 7) is -0.691. The summed E-state index contributed by atoms with van der Waals surface area (Å²) in [7, 11) is 1.44. The van der Waals surface area contributed by atoms with Crippen LogP contribution < -0.4 is 10.9 Å². The summed E-state index contributed by atoms with van der Waals surface area (Å²) >= 11 is 0. The number of rotatable bonds is 6. The highest BCUT2D eigenvalue weighted by Gasteiger charge is 2.24. The first-order valence-electron chi connectivity index (χ1n) is 8.17. The third-order valence-corrected chi connectivity index (χ3v) is 3.94. The molecule has 136 valence electrons. The largest absolute Gasteiger partial charge is 0.452 e. The number of fused-ring (bicyclic) bond motifs is 1. The van der Waals surface area contributed by atoms with Crippen molar-refractivity contribution in [2.24, 2.45) is 0 Å². The molecule has 2 amide bonds. The molecule has 0 unspecified atom stereocenters. The molecular formula is C18H18N2O6. The van der Waals surface area contributed by atoms with Crippen LogP contribution in [0, 0.1) is 0 Å². The second-order valence-electron chi connectivity index (χ2n) is 6.15. The number of para-hydroxylation sites is 1. The van der Waals surface area contributed by atoms with Crippen LogP contribution >= 0.6 is 0 Å². The molecule has 1 heterocycles. The molecule has 0 radical (unpaired) electrons. The molecule has 1 aliphatic rings. The fourth-order valence-corrected chi connectivity index (χ4v) is 2.32. The summed E-state index contributed by atoms with van der Waals surface area (Å²) in [6.07, 6.45) is 1.91. The van der Waals surface area contributed by atoms with Crippen LogP contribution in [0.3, 0.4) is 0 Å². The molecule has 0 spiro atoms. The average Bonchev–Trinajstić information content (AvgIpc) is 3.42. The Morgan fingerprint density at radius 3 is 2.73 bits per heavy atom. The van der Waals surface area contributed by atoms with E-state index in [1.807, 2.05) is 0 Å². The van der Waals surface area contributed by atoms with Crippen molar-refractivity contribution in [1.29, 1.82) is 0 Å². The van der Waals surface area contributed by atoms with Gasteiger partial charge in [0.2, 0.25) is 5.91 Å². The van der Waals surface area contributed by atoms with E-state index in [9.17, 15) is 19.2 Å². The van der Waals surface area contributed by atoms with E-state index in [4.69, 9.17) is 9.15 Å². The number of carbonyl (C=O) groups excluding carboxylic acids is 3. The monoisotopic (exact) mass is 358 g/mol. The van der Waals surface area contributed by atoms with E-state index in [-0.39, 0.29) is 24.1 Å². The van der Waals surface area contributed by atoms with Gasteiger partial charge in [-0.3, -0.25) is 9.59 Å². The maximum atomic E-state index is 12.1. The van der Waals surface area contributed by atoms with Gasteiger partial charge in [-0.25, -0.2) is 9.59 Å². The number of nitrogens with zero attached hydrogens (tertiary/aromatic N) is 1. The summed E-state index contributed by atoms with van der Waals surface area (Å²) in [4.78, 5) is 48.8. The van der Waals surface area contributed by atoms with E-state index >= 15 is 0 Å². The number of amides is 2. The minimum absolute atomic E-state index is 0.120. The minimum atomic E-state index is -0.950. The van der Waals surface area contributed by atoms with Gasteiger partial charge in [-0.1, -0.05) is 18.2 Å². The first-order valence-corrected chi connectivity index (χ1v) is 8.17. The highest BCUT2D eigenvalue weighted by molar-refractivity contribution is 5.94. The number of hydrogen-bond donors (Lipinski definition) is 1. The Kier molecular flexibility index (Phi) is 5.01. The zero-order chi connectivity index (χ0) is 18.7. The fraction of sp³-hybridized carbons (Fsp3) is 0.333. The molecule has 0 atom stereocenters. The molecule has 26 heavy (non-hydrogen) atoms. The van der Waals surface area contributed by atoms with Gasteiger partial charge < -0.3 is 19.4 Å². The van der Waals surface area contributed by atoms with Gasteiger partial charge in [0.1, 0.15) is 11.1 Å². The molecule has 1 aromatic heterocycles. The molecule has 3 rings (SSSR count). The van der Waals surface area contributed by atoms with Gasteiger partial charge >= 0.3 is 11.6 Å². The van der Waals surface area contributed by atoms with Crippen molar-refractivity contribution in [1.82, 2.24) is 10.2 Å². The second kappa shape index (κ2) is 7.38. The van der Waals surface area contributed by atoms with Gasteiger partial charge in [0, 0.05) is 18.5 Å². The predicted octanol–water partition coefficient (Wildman–Crippen LogP) is 0.687. The van der Waals surface area contributed by atoms with Crippen LogP contribution in [0.2, 0.25) is 0 Å². The molecule has 1 N–H and O–H groups in total. The topological polar surface area (TPSA) is 106 Å². The Labute approximate surface area is 148 Å². The molecule has 1 saturated carbocycles. The number of likely N-dealkylation sites (N-methyl/N-ethyl adjacent to an activating group) is 1. The molecule has 1 aromatic carbocycles. The van der Waals surface area contributed by atoms with Crippen molar-refractivity contribution in [2.45, 2.75) is 18.9 Å². The second-order valence-corrected chi connectivity index (χ2v) is 6.15. The first-order chi connectivity index (χ1) is 12.4. The zero-order valence-electron chi connectivity index (χ0n) is 14.2. The minimum Gasteiger partial charge on any atom is -0.452 e. The van der Waals surface area contributed by atoms with Gasteiger partial charge in [-0.15, -0.1) is 0 Å². The Balaban J connectivity index is 1.57. The first kappa shape index (κ1) is 17.7. The SMILES string of the molecule is CN(CC(=O)NC1CC1)C(=O)COC(=O)c1cc2ccccc2oc1=O. The number of benzene rings is 1. The van der Waals surface area contributed by atoms with E-state index in [0.29, 0.717) is 11.0 Å². The highest BCUT2D eigenvalue weighted by Crippen LogP contribution is 2.18. The predicted molar refractivity (Wildman–Crippen MR) is 91.6 cm³/mol. The molecule has 0 aliphatic heterocycles. The van der Waals surface area contributed by atoms with Crippen molar-refractivity contribution in [2.75, 3.05) is 20.2 Å². The van der Waals surface area contributed by atoms with Gasteiger partial charge in [0.15, 0.2) is 6.61 Å². The average molecular weight is 358 g/mol. The van der Waals surface area contributed by atoms with E-state index in [1.54, 1.807) is 24.3 Å². The lowest BCUT2D eigenvalue weighted by atomic mass is 10.2. The number of ether oxygens (including phenoxy) is 1.